The van der Waals surface area contributed by atoms with Crippen LogP contribution in [0, 0.1) is 0 Å². The molecule has 2 heterocycles. The topological polar surface area (TPSA) is 60.9 Å². The van der Waals surface area contributed by atoms with Gasteiger partial charge >= 0.3 is 6.03 Å². The molecule has 5 rings (SSSR count). The predicted octanol–water partition coefficient (Wildman–Crippen LogP) is 4.91. The molecular weight excluding hydrogens is 426 g/mol. The molecule has 2 aliphatic rings. The standard InChI is InChI=1S/C28H27N3O3/c1-29-24(20-12-4-2-5-13-20)25(21-14-6-3-7-15-21)30(28(29)34)18-10-11-19-31-26(32)22-16-8-9-17-23(22)27(31)33/h2-9,12-17,24-25H,10-11,18-19H2,1H3/t24-,25-/m0/s1. The minimum Gasteiger partial charge on any atom is -0.318 e. The van der Waals surface area contributed by atoms with Gasteiger partial charge in [-0.05, 0) is 36.1 Å². The molecule has 2 aliphatic heterocycles. The van der Waals surface area contributed by atoms with Gasteiger partial charge in [0.25, 0.3) is 11.8 Å². The second-order valence-corrected chi connectivity index (χ2v) is 8.81. The summed E-state index contributed by atoms with van der Waals surface area (Å²) in [5, 5.41) is 0. The van der Waals surface area contributed by atoms with E-state index in [9.17, 15) is 14.4 Å². The molecule has 0 saturated carbocycles. The largest absolute Gasteiger partial charge is 0.320 e. The van der Waals surface area contributed by atoms with E-state index in [0.29, 0.717) is 37.1 Å². The highest BCUT2D eigenvalue weighted by Crippen LogP contribution is 2.44. The molecule has 3 aromatic rings. The van der Waals surface area contributed by atoms with Crippen LogP contribution in [0.4, 0.5) is 4.79 Å². The van der Waals surface area contributed by atoms with Gasteiger partial charge < -0.3 is 9.80 Å². The van der Waals surface area contributed by atoms with Gasteiger partial charge in [0, 0.05) is 20.1 Å². The quantitative estimate of drug-likeness (QED) is 0.377. The maximum absolute atomic E-state index is 13.3. The van der Waals surface area contributed by atoms with Gasteiger partial charge in [0.05, 0.1) is 23.2 Å². The number of amides is 4. The van der Waals surface area contributed by atoms with E-state index >= 15 is 0 Å². The number of nitrogens with zero attached hydrogens (tertiary/aromatic N) is 3. The van der Waals surface area contributed by atoms with Crippen molar-refractivity contribution in [2.75, 3.05) is 20.1 Å². The van der Waals surface area contributed by atoms with Crippen molar-refractivity contribution < 1.29 is 14.4 Å². The third-order valence-corrected chi connectivity index (χ3v) is 6.79. The molecule has 0 radical (unpaired) electrons. The summed E-state index contributed by atoms with van der Waals surface area (Å²) in [4.78, 5) is 43.6. The summed E-state index contributed by atoms with van der Waals surface area (Å²) in [5.41, 5.74) is 3.13. The Morgan fingerprint density at radius 3 is 1.65 bits per heavy atom. The smallest absolute Gasteiger partial charge is 0.318 e. The van der Waals surface area contributed by atoms with Gasteiger partial charge in [0.2, 0.25) is 0 Å². The summed E-state index contributed by atoms with van der Waals surface area (Å²) in [6, 6.07) is 27.0. The monoisotopic (exact) mass is 453 g/mol. The van der Waals surface area contributed by atoms with Crippen molar-refractivity contribution >= 4 is 17.8 Å². The van der Waals surface area contributed by atoms with Crippen LogP contribution in [0.2, 0.25) is 0 Å². The molecule has 6 heteroatoms. The maximum atomic E-state index is 13.3. The second kappa shape index (κ2) is 9.14. The van der Waals surface area contributed by atoms with Crippen molar-refractivity contribution in [3.63, 3.8) is 0 Å². The molecule has 1 fully saturated rings. The summed E-state index contributed by atoms with van der Waals surface area (Å²) in [7, 11) is 1.86. The van der Waals surface area contributed by atoms with Gasteiger partial charge in [-0.25, -0.2) is 4.79 Å². The number of fused-ring (bicyclic) bond motifs is 1. The van der Waals surface area contributed by atoms with E-state index in [-0.39, 0.29) is 29.9 Å². The van der Waals surface area contributed by atoms with Crippen molar-refractivity contribution in [1.29, 1.82) is 0 Å². The van der Waals surface area contributed by atoms with Gasteiger partial charge in [0.15, 0.2) is 0 Å². The highest BCUT2D eigenvalue weighted by atomic mass is 16.2. The molecule has 1 saturated heterocycles. The maximum Gasteiger partial charge on any atom is 0.320 e. The van der Waals surface area contributed by atoms with Crippen LogP contribution in [0.3, 0.4) is 0 Å². The third-order valence-electron chi connectivity index (χ3n) is 6.79. The Morgan fingerprint density at radius 2 is 1.09 bits per heavy atom. The van der Waals surface area contributed by atoms with Crippen LogP contribution in [-0.4, -0.2) is 52.7 Å². The minimum atomic E-state index is -0.233. The van der Waals surface area contributed by atoms with Gasteiger partial charge in [0.1, 0.15) is 0 Å². The summed E-state index contributed by atoms with van der Waals surface area (Å²) >= 11 is 0. The number of urea groups is 1. The van der Waals surface area contributed by atoms with Crippen LogP contribution in [0.5, 0.6) is 0 Å². The van der Waals surface area contributed by atoms with Gasteiger partial charge in [-0.2, -0.15) is 0 Å². The van der Waals surface area contributed by atoms with Crippen LogP contribution < -0.4 is 0 Å². The van der Waals surface area contributed by atoms with E-state index in [1.807, 2.05) is 53.2 Å². The molecule has 0 unspecified atom stereocenters. The predicted molar refractivity (Wildman–Crippen MR) is 129 cm³/mol. The second-order valence-electron chi connectivity index (χ2n) is 8.81. The van der Waals surface area contributed by atoms with Crippen molar-refractivity contribution in [2.24, 2.45) is 0 Å². The number of benzene rings is 3. The van der Waals surface area contributed by atoms with E-state index in [0.717, 1.165) is 11.1 Å². The van der Waals surface area contributed by atoms with E-state index in [1.54, 1.807) is 24.3 Å². The average Bonchev–Trinajstić information content (AvgIpc) is 3.28. The first kappa shape index (κ1) is 21.9. The number of likely N-dealkylation sites (N-methyl/N-ethyl adjacent to an activating group) is 1. The molecular formula is C28H27N3O3. The van der Waals surface area contributed by atoms with Crippen molar-refractivity contribution in [2.45, 2.75) is 24.9 Å². The molecule has 34 heavy (non-hydrogen) atoms. The molecule has 0 aromatic heterocycles. The zero-order chi connectivity index (χ0) is 23.7. The SMILES string of the molecule is CN1C(=O)N(CCCCN2C(=O)c3ccccc3C2=O)[C@@H](c2ccccc2)[C@@H]1c1ccccc1. The van der Waals surface area contributed by atoms with Crippen molar-refractivity contribution in [3.05, 3.63) is 107 Å². The van der Waals surface area contributed by atoms with E-state index in [1.165, 1.54) is 4.90 Å². The Hall–Kier alpha value is -3.93. The van der Waals surface area contributed by atoms with E-state index in [4.69, 9.17) is 0 Å². The lowest BCUT2D eigenvalue weighted by Gasteiger charge is -2.28. The lowest BCUT2D eigenvalue weighted by atomic mass is 9.93. The van der Waals surface area contributed by atoms with Crippen LogP contribution in [0.25, 0.3) is 0 Å². The summed E-state index contributed by atoms with van der Waals surface area (Å²) < 4.78 is 0. The van der Waals surface area contributed by atoms with Crippen LogP contribution in [0.1, 0.15) is 56.8 Å². The first-order valence-electron chi connectivity index (χ1n) is 11.7. The molecule has 3 aromatic carbocycles. The first-order valence-corrected chi connectivity index (χ1v) is 11.7. The lowest BCUT2D eigenvalue weighted by Crippen LogP contribution is -2.33. The summed E-state index contributed by atoms with van der Waals surface area (Å²) in [6.07, 6.45) is 1.33. The number of carbonyl (C=O) groups excluding carboxylic acids is 3. The van der Waals surface area contributed by atoms with Crippen LogP contribution >= 0.6 is 0 Å². The fourth-order valence-electron chi connectivity index (χ4n) is 5.12. The molecule has 4 amide bonds. The number of imide groups is 1. The van der Waals surface area contributed by atoms with Gasteiger partial charge in [-0.3, -0.25) is 14.5 Å². The van der Waals surface area contributed by atoms with Crippen LogP contribution in [0.15, 0.2) is 84.9 Å². The molecule has 172 valence electrons. The van der Waals surface area contributed by atoms with Crippen molar-refractivity contribution in [3.8, 4) is 0 Å². The Bertz CT molecular complexity index is 1180. The highest BCUT2D eigenvalue weighted by molar-refractivity contribution is 6.21. The molecule has 0 N–H and O–H groups in total. The number of hydrogen-bond acceptors (Lipinski definition) is 3. The van der Waals surface area contributed by atoms with Crippen molar-refractivity contribution in [1.82, 2.24) is 14.7 Å². The number of rotatable bonds is 7. The molecule has 6 nitrogen and oxygen atoms in total. The first-order chi connectivity index (χ1) is 16.6. The Morgan fingerprint density at radius 1 is 0.618 bits per heavy atom. The number of unbranched alkanes of at least 4 members (excludes halogenated alkanes) is 1. The summed E-state index contributed by atoms with van der Waals surface area (Å²) in [5.74, 6) is -0.465. The minimum absolute atomic E-state index is 0.0107. The molecule has 0 spiro atoms. The Kier molecular flexibility index (Phi) is 5.88. The van der Waals surface area contributed by atoms with Crippen LogP contribution in [-0.2, 0) is 0 Å². The normalized spacial score (nSPS) is 19.8. The average molecular weight is 454 g/mol. The fourth-order valence-corrected chi connectivity index (χ4v) is 5.12. The molecule has 0 bridgehead atoms. The van der Waals surface area contributed by atoms with Gasteiger partial charge in [-0.15, -0.1) is 0 Å². The molecule has 2 atom stereocenters. The molecule has 0 aliphatic carbocycles. The number of hydrogen-bond donors (Lipinski definition) is 0. The Balaban J connectivity index is 1.30. The zero-order valence-corrected chi connectivity index (χ0v) is 19.1. The Labute approximate surface area is 199 Å². The van der Waals surface area contributed by atoms with Gasteiger partial charge in [-0.1, -0.05) is 72.8 Å². The summed E-state index contributed by atoms with van der Waals surface area (Å²) in [6.45, 7) is 0.900. The lowest BCUT2D eigenvalue weighted by molar-refractivity contribution is 0.0650. The fraction of sp³-hybridized carbons (Fsp3) is 0.250. The number of carbonyl (C=O) groups is 3. The third kappa shape index (κ3) is 3.75. The van der Waals surface area contributed by atoms with E-state index in [2.05, 4.69) is 24.3 Å². The highest BCUT2D eigenvalue weighted by Gasteiger charge is 2.45. The van der Waals surface area contributed by atoms with E-state index < -0.39 is 0 Å². The zero-order valence-electron chi connectivity index (χ0n) is 19.1.